The van der Waals surface area contributed by atoms with E-state index < -0.39 is 0 Å². The SMILES string of the molecule is CC1(C)C(N=C(N)NO)C1(C)C. The van der Waals surface area contributed by atoms with Crippen molar-refractivity contribution in [1.82, 2.24) is 5.48 Å². The molecule has 4 N–H and O–H groups in total. The number of aliphatic imine (C=N–C) groups is 1. The molecule has 0 unspecified atom stereocenters. The molecule has 4 heteroatoms. The zero-order valence-electron chi connectivity index (χ0n) is 8.05. The van der Waals surface area contributed by atoms with E-state index in [-0.39, 0.29) is 22.8 Å². The number of nitrogens with two attached hydrogens (primary N) is 1. The van der Waals surface area contributed by atoms with Gasteiger partial charge in [-0.1, -0.05) is 27.7 Å². The Balaban J connectivity index is 2.72. The first-order valence-corrected chi connectivity index (χ1v) is 4.07. The van der Waals surface area contributed by atoms with Crippen molar-refractivity contribution in [1.29, 1.82) is 0 Å². The third kappa shape index (κ3) is 1.06. The van der Waals surface area contributed by atoms with Gasteiger partial charge in [0.1, 0.15) is 0 Å². The average Bonchev–Trinajstić information content (AvgIpc) is 2.32. The van der Waals surface area contributed by atoms with E-state index in [2.05, 4.69) is 32.7 Å². The molecule has 1 rings (SSSR count). The molecule has 70 valence electrons. The van der Waals surface area contributed by atoms with Gasteiger partial charge in [0.2, 0.25) is 5.96 Å². The Morgan fingerprint density at radius 2 is 1.75 bits per heavy atom. The molecule has 0 atom stereocenters. The van der Waals surface area contributed by atoms with Crippen LogP contribution in [0, 0.1) is 10.8 Å². The number of rotatable bonds is 1. The number of hydroxylamine groups is 1. The van der Waals surface area contributed by atoms with Crippen LogP contribution in [-0.4, -0.2) is 17.2 Å². The van der Waals surface area contributed by atoms with Crippen molar-refractivity contribution in [3.05, 3.63) is 0 Å². The topological polar surface area (TPSA) is 70.6 Å². The quantitative estimate of drug-likeness (QED) is 0.309. The predicted octanol–water partition coefficient (Wildman–Crippen LogP) is 0.715. The first-order valence-electron chi connectivity index (χ1n) is 4.07. The van der Waals surface area contributed by atoms with E-state index in [4.69, 9.17) is 10.9 Å². The van der Waals surface area contributed by atoms with E-state index in [9.17, 15) is 0 Å². The van der Waals surface area contributed by atoms with Gasteiger partial charge in [-0.15, -0.1) is 0 Å². The van der Waals surface area contributed by atoms with E-state index in [1.165, 1.54) is 0 Å². The van der Waals surface area contributed by atoms with Gasteiger partial charge < -0.3 is 5.73 Å². The molecule has 0 aliphatic heterocycles. The Kier molecular flexibility index (Phi) is 1.83. The fourth-order valence-electron chi connectivity index (χ4n) is 1.65. The van der Waals surface area contributed by atoms with Crippen LogP contribution in [0.3, 0.4) is 0 Å². The fourth-order valence-corrected chi connectivity index (χ4v) is 1.65. The molecule has 1 fully saturated rings. The summed E-state index contributed by atoms with van der Waals surface area (Å²) in [7, 11) is 0. The number of guanidine groups is 1. The van der Waals surface area contributed by atoms with Crippen LogP contribution in [-0.2, 0) is 0 Å². The molecule has 0 amide bonds. The van der Waals surface area contributed by atoms with E-state index in [0.29, 0.717) is 0 Å². The second-order valence-corrected chi connectivity index (χ2v) is 4.47. The second kappa shape index (κ2) is 2.36. The molecule has 1 aliphatic rings. The molecule has 0 bridgehead atoms. The van der Waals surface area contributed by atoms with Crippen molar-refractivity contribution in [3.63, 3.8) is 0 Å². The summed E-state index contributed by atoms with van der Waals surface area (Å²) in [6, 6.07) is 0.199. The Bertz CT molecular complexity index is 206. The third-order valence-electron chi connectivity index (χ3n) is 3.33. The number of nitrogens with one attached hydrogen (secondary N) is 1. The maximum atomic E-state index is 8.45. The van der Waals surface area contributed by atoms with Gasteiger partial charge >= 0.3 is 0 Å². The predicted molar refractivity (Wildman–Crippen MR) is 47.9 cm³/mol. The lowest BCUT2D eigenvalue weighted by atomic mass is 10.0. The Morgan fingerprint density at radius 1 is 1.33 bits per heavy atom. The summed E-state index contributed by atoms with van der Waals surface area (Å²) in [5.41, 5.74) is 7.53. The van der Waals surface area contributed by atoms with Gasteiger partial charge in [0.05, 0.1) is 6.04 Å². The third-order valence-corrected chi connectivity index (χ3v) is 3.33. The summed E-state index contributed by atoms with van der Waals surface area (Å²) in [6.07, 6.45) is 0. The lowest BCUT2D eigenvalue weighted by Crippen LogP contribution is -2.29. The van der Waals surface area contributed by atoms with Crippen LogP contribution in [0.2, 0.25) is 0 Å². The van der Waals surface area contributed by atoms with Crippen molar-refractivity contribution < 1.29 is 5.21 Å². The molecular weight excluding hydrogens is 154 g/mol. The standard InChI is InChI=1S/C8H17N3O/c1-7(2)5(8(7,3)4)10-6(9)11-12/h5,12H,1-4H3,(H3,9,10,11). The summed E-state index contributed by atoms with van der Waals surface area (Å²) >= 11 is 0. The van der Waals surface area contributed by atoms with Crippen LogP contribution >= 0.6 is 0 Å². The van der Waals surface area contributed by atoms with Crippen LogP contribution in [0.5, 0.6) is 0 Å². The van der Waals surface area contributed by atoms with Crippen LogP contribution < -0.4 is 11.2 Å². The zero-order valence-corrected chi connectivity index (χ0v) is 8.05. The van der Waals surface area contributed by atoms with E-state index >= 15 is 0 Å². The lowest BCUT2D eigenvalue weighted by molar-refractivity contribution is 0.232. The molecule has 0 aromatic rings. The van der Waals surface area contributed by atoms with Crippen LogP contribution in [0.25, 0.3) is 0 Å². The van der Waals surface area contributed by atoms with Gasteiger partial charge in [-0.2, -0.15) is 0 Å². The Hall–Kier alpha value is -0.770. The molecule has 0 aromatic carbocycles. The van der Waals surface area contributed by atoms with Crippen LogP contribution in [0.1, 0.15) is 27.7 Å². The average molecular weight is 171 g/mol. The van der Waals surface area contributed by atoms with Crippen molar-refractivity contribution >= 4 is 5.96 Å². The molecule has 1 aliphatic carbocycles. The molecule has 0 aromatic heterocycles. The number of hydrogen-bond acceptors (Lipinski definition) is 2. The van der Waals surface area contributed by atoms with E-state index in [1.54, 1.807) is 0 Å². The molecule has 0 heterocycles. The van der Waals surface area contributed by atoms with Gasteiger partial charge in [0.15, 0.2) is 0 Å². The molecule has 0 saturated heterocycles. The summed E-state index contributed by atoms with van der Waals surface area (Å²) in [4.78, 5) is 4.15. The zero-order chi connectivity index (χ0) is 9.57. The Morgan fingerprint density at radius 3 is 2.00 bits per heavy atom. The van der Waals surface area contributed by atoms with Gasteiger partial charge in [0, 0.05) is 0 Å². The van der Waals surface area contributed by atoms with Crippen LogP contribution in [0.15, 0.2) is 4.99 Å². The highest BCUT2D eigenvalue weighted by Gasteiger charge is 2.65. The highest BCUT2D eigenvalue weighted by Crippen LogP contribution is 2.64. The fraction of sp³-hybridized carbons (Fsp3) is 0.875. The summed E-state index contributed by atoms with van der Waals surface area (Å²) in [6.45, 7) is 8.58. The first-order chi connectivity index (χ1) is 5.34. The van der Waals surface area contributed by atoms with E-state index in [1.807, 2.05) is 5.48 Å². The van der Waals surface area contributed by atoms with Crippen LogP contribution in [0.4, 0.5) is 0 Å². The smallest absolute Gasteiger partial charge is 0.213 e. The first kappa shape index (κ1) is 9.32. The Labute approximate surface area is 72.8 Å². The molecular formula is C8H17N3O. The minimum atomic E-state index is 0.0960. The lowest BCUT2D eigenvalue weighted by Gasteiger charge is -2.02. The molecule has 0 spiro atoms. The maximum absolute atomic E-state index is 8.45. The van der Waals surface area contributed by atoms with Gasteiger partial charge in [-0.3, -0.25) is 5.21 Å². The monoisotopic (exact) mass is 171 g/mol. The van der Waals surface area contributed by atoms with Gasteiger partial charge in [-0.05, 0) is 10.8 Å². The number of hydrogen-bond donors (Lipinski definition) is 3. The second-order valence-electron chi connectivity index (χ2n) is 4.47. The minimum Gasteiger partial charge on any atom is -0.368 e. The normalized spacial score (nSPS) is 26.9. The maximum Gasteiger partial charge on any atom is 0.213 e. The van der Waals surface area contributed by atoms with Crippen molar-refractivity contribution in [2.24, 2.45) is 21.6 Å². The number of nitrogens with zero attached hydrogens (tertiary/aromatic N) is 1. The molecule has 4 nitrogen and oxygen atoms in total. The largest absolute Gasteiger partial charge is 0.368 e. The summed E-state index contributed by atoms with van der Waals surface area (Å²) in [5.74, 6) is 0.0960. The van der Waals surface area contributed by atoms with Crippen molar-refractivity contribution in [3.8, 4) is 0 Å². The van der Waals surface area contributed by atoms with Gasteiger partial charge in [-0.25, -0.2) is 10.5 Å². The van der Waals surface area contributed by atoms with Crippen molar-refractivity contribution in [2.75, 3.05) is 0 Å². The van der Waals surface area contributed by atoms with Gasteiger partial charge in [0.25, 0.3) is 0 Å². The molecule has 12 heavy (non-hydrogen) atoms. The van der Waals surface area contributed by atoms with E-state index in [0.717, 1.165) is 0 Å². The molecule has 0 radical (unpaired) electrons. The van der Waals surface area contributed by atoms with Crippen molar-refractivity contribution in [2.45, 2.75) is 33.7 Å². The summed E-state index contributed by atoms with van der Waals surface area (Å²) < 4.78 is 0. The minimum absolute atomic E-state index is 0.0960. The highest BCUT2D eigenvalue weighted by atomic mass is 16.5. The molecule has 1 saturated carbocycles. The summed E-state index contributed by atoms with van der Waals surface area (Å²) in [5, 5.41) is 8.45. The highest BCUT2D eigenvalue weighted by molar-refractivity contribution is 5.77.